The first-order valence-corrected chi connectivity index (χ1v) is 11.3. The van der Waals surface area contributed by atoms with Crippen LogP contribution < -0.4 is 5.32 Å². The van der Waals surface area contributed by atoms with Gasteiger partial charge in [-0.05, 0) is 33.3 Å². The Morgan fingerprint density at radius 1 is 0.935 bits per heavy atom. The molecule has 9 heteroatoms. The minimum absolute atomic E-state index is 0.161. The van der Waals surface area contributed by atoms with E-state index in [-0.39, 0.29) is 28.7 Å². The molecule has 3 aromatic rings. The van der Waals surface area contributed by atoms with Gasteiger partial charge in [-0.15, -0.1) is 22.7 Å². The highest BCUT2D eigenvalue weighted by atomic mass is 32.1. The second-order valence-electron chi connectivity index (χ2n) is 6.45. The zero-order valence-corrected chi connectivity index (χ0v) is 19.2. The fraction of sp³-hybridized carbons (Fsp3) is 0.273. The van der Waals surface area contributed by atoms with Crippen molar-refractivity contribution in [1.29, 1.82) is 0 Å². The Morgan fingerprint density at radius 3 is 2.23 bits per heavy atom. The maximum Gasteiger partial charge on any atom is 0.348 e. The highest BCUT2D eigenvalue weighted by molar-refractivity contribution is 7.19. The Labute approximate surface area is 188 Å². The number of carbonyl (C=O) groups excluding carboxylic acids is 3. The lowest BCUT2D eigenvalue weighted by molar-refractivity contribution is 0.0527. The number of anilines is 1. The van der Waals surface area contributed by atoms with Crippen molar-refractivity contribution in [2.75, 3.05) is 18.5 Å². The molecule has 0 spiro atoms. The van der Waals surface area contributed by atoms with Crippen LogP contribution in [0, 0.1) is 13.8 Å². The fourth-order valence-corrected chi connectivity index (χ4v) is 4.96. The largest absolute Gasteiger partial charge is 0.462 e. The topological polar surface area (TPSA) is 94.6 Å². The number of aromatic nitrogens is 1. The van der Waals surface area contributed by atoms with Gasteiger partial charge in [0.15, 0.2) is 0 Å². The van der Waals surface area contributed by atoms with Gasteiger partial charge in [-0.25, -0.2) is 14.6 Å². The van der Waals surface area contributed by atoms with E-state index < -0.39 is 17.8 Å². The van der Waals surface area contributed by atoms with Gasteiger partial charge in [-0.1, -0.05) is 30.3 Å². The van der Waals surface area contributed by atoms with Gasteiger partial charge in [0.05, 0.1) is 24.5 Å². The number of esters is 2. The van der Waals surface area contributed by atoms with Crippen LogP contribution in [0.2, 0.25) is 0 Å². The number of hydrogen-bond acceptors (Lipinski definition) is 8. The molecular formula is C22H22N2O5S2. The summed E-state index contributed by atoms with van der Waals surface area (Å²) in [5.74, 6) is -1.55. The molecule has 1 amide bonds. The summed E-state index contributed by atoms with van der Waals surface area (Å²) in [5.41, 5.74) is 2.08. The maximum absolute atomic E-state index is 13.0. The molecule has 0 aliphatic heterocycles. The molecule has 0 bridgehead atoms. The predicted octanol–water partition coefficient (Wildman–Crippen LogP) is 5.09. The van der Waals surface area contributed by atoms with Crippen molar-refractivity contribution in [3.8, 4) is 10.6 Å². The molecule has 0 atom stereocenters. The first-order valence-electron chi connectivity index (χ1n) is 9.69. The zero-order chi connectivity index (χ0) is 22.5. The molecule has 2 heterocycles. The number of amides is 1. The van der Waals surface area contributed by atoms with E-state index in [4.69, 9.17) is 9.47 Å². The minimum atomic E-state index is -0.604. The Bertz CT molecular complexity index is 1120. The summed E-state index contributed by atoms with van der Waals surface area (Å²) in [4.78, 5) is 43.0. The minimum Gasteiger partial charge on any atom is -0.462 e. The lowest BCUT2D eigenvalue weighted by Crippen LogP contribution is -2.14. The van der Waals surface area contributed by atoms with Gasteiger partial charge in [0.2, 0.25) is 0 Å². The molecule has 1 N–H and O–H groups in total. The van der Waals surface area contributed by atoms with E-state index in [0.717, 1.165) is 21.9 Å². The van der Waals surface area contributed by atoms with Gasteiger partial charge in [0.25, 0.3) is 5.91 Å². The van der Waals surface area contributed by atoms with E-state index in [1.54, 1.807) is 27.7 Å². The smallest absolute Gasteiger partial charge is 0.348 e. The fourth-order valence-electron chi connectivity index (χ4n) is 2.91. The highest BCUT2D eigenvalue weighted by Crippen LogP contribution is 2.35. The molecule has 3 rings (SSSR count). The molecule has 1 aromatic carbocycles. The van der Waals surface area contributed by atoms with Crippen LogP contribution in [0.15, 0.2) is 30.3 Å². The number of carbonyl (C=O) groups is 3. The van der Waals surface area contributed by atoms with Gasteiger partial charge < -0.3 is 14.8 Å². The van der Waals surface area contributed by atoms with E-state index in [1.165, 1.54) is 11.3 Å². The third kappa shape index (κ3) is 4.83. The normalized spacial score (nSPS) is 10.6. The van der Waals surface area contributed by atoms with Gasteiger partial charge in [-0.3, -0.25) is 4.79 Å². The Kier molecular flexibility index (Phi) is 7.19. The number of aryl methyl sites for hydroxylation is 1. The van der Waals surface area contributed by atoms with Gasteiger partial charge in [0, 0.05) is 5.56 Å². The summed E-state index contributed by atoms with van der Waals surface area (Å²) >= 11 is 2.26. The molecule has 0 fully saturated rings. The number of thiazole rings is 1. The van der Waals surface area contributed by atoms with Crippen molar-refractivity contribution in [3.05, 3.63) is 56.9 Å². The van der Waals surface area contributed by atoms with E-state index in [9.17, 15) is 14.4 Å². The van der Waals surface area contributed by atoms with Crippen LogP contribution in [0.25, 0.3) is 10.6 Å². The average Bonchev–Trinajstić information content (AvgIpc) is 3.29. The SMILES string of the molecule is CCOC(=O)c1sc(NC(=O)c2sc(-c3ccccc3)nc2C)c(C(=O)OCC)c1C. The number of thiophene rings is 1. The maximum atomic E-state index is 13.0. The van der Waals surface area contributed by atoms with Gasteiger partial charge >= 0.3 is 11.9 Å². The highest BCUT2D eigenvalue weighted by Gasteiger charge is 2.28. The quantitative estimate of drug-likeness (QED) is 0.495. The van der Waals surface area contributed by atoms with Gasteiger partial charge in [0.1, 0.15) is 19.8 Å². The number of nitrogens with one attached hydrogen (secondary N) is 1. The number of rotatable bonds is 7. The predicted molar refractivity (Wildman–Crippen MR) is 121 cm³/mol. The first kappa shape index (κ1) is 22.6. The van der Waals surface area contributed by atoms with Crippen molar-refractivity contribution < 1.29 is 23.9 Å². The second-order valence-corrected chi connectivity index (χ2v) is 8.47. The van der Waals surface area contributed by atoms with E-state index in [2.05, 4.69) is 10.3 Å². The van der Waals surface area contributed by atoms with Gasteiger partial charge in [-0.2, -0.15) is 0 Å². The van der Waals surface area contributed by atoms with Crippen molar-refractivity contribution >= 4 is 45.5 Å². The molecule has 0 saturated heterocycles. The number of hydrogen-bond donors (Lipinski definition) is 1. The third-order valence-electron chi connectivity index (χ3n) is 4.34. The summed E-state index contributed by atoms with van der Waals surface area (Å²) < 4.78 is 10.2. The van der Waals surface area contributed by atoms with Crippen LogP contribution in [0.4, 0.5) is 5.00 Å². The van der Waals surface area contributed by atoms with Crippen LogP contribution in [-0.4, -0.2) is 36.0 Å². The Balaban J connectivity index is 1.95. The van der Waals surface area contributed by atoms with Crippen LogP contribution in [0.3, 0.4) is 0 Å². The van der Waals surface area contributed by atoms with Crippen LogP contribution >= 0.6 is 22.7 Å². The van der Waals surface area contributed by atoms with E-state index in [1.807, 2.05) is 30.3 Å². The standard InChI is InChI=1S/C22H22N2O5S2/c1-5-28-21(26)15-12(3)16(22(27)29-6-2)30-20(15)24-18(25)17-13(4)23-19(31-17)14-10-8-7-9-11-14/h7-11H,5-6H2,1-4H3,(H,24,25). The van der Waals surface area contributed by atoms with E-state index >= 15 is 0 Å². The van der Waals surface area contributed by atoms with Crippen LogP contribution in [0.5, 0.6) is 0 Å². The van der Waals surface area contributed by atoms with Crippen molar-refractivity contribution in [2.45, 2.75) is 27.7 Å². The average molecular weight is 459 g/mol. The Hall–Kier alpha value is -3.04. The summed E-state index contributed by atoms with van der Waals surface area (Å²) in [6.45, 7) is 7.16. The number of nitrogens with zero attached hydrogens (tertiary/aromatic N) is 1. The monoisotopic (exact) mass is 458 g/mol. The van der Waals surface area contributed by atoms with Crippen LogP contribution in [-0.2, 0) is 9.47 Å². The molecule has 0 aliphatic rings. The zero-order valence-electron chi connectivity index (χ0n) is 17.6. The van der Waals surface area contributed by atoms with Crippen molar-refractivity contribution in [3.63, 3.8) is 0 Å². The molecule has 0 radical (unpaired) electrons. The lowest BCUT2D eigenvalue weighted by Gasteiger charge is -2.06. The van der Waals surface area contributed by atoms with E-state index in [0.29, 0.717) is 16.1 Å². The van der Waals surface area contributed by atoms with Crippen LogP contribution in [0.1, 0.15) is 54.8 Å². The number of ether oxygens (including phenoxy) is 2. The van der Waals surface area contributed by atoms with Crippen molar-refractivity contribution in [1.82, 2.24) is 4.98 Å². The molecule has 7 nitrogen and oxygen atoms in total. The molecular weight excluding hydrogens is 436 g/mol. The molecule has 0 saturated carbocycles. The number of benzene rings is 1. The summed E-state index contributed by atoms with van der Waals surface area (Å²) in [5, 5.41) is 3.74. The van der Waals surface area contributed by atoms with Crippen molar-refractivity contribution in [2.24, 2.45) is 0 Å². The summed E-state index contributed by atoms with van der Waals surface area (Å²) in [6, 6.07) is 9.57. The summed E-state index contributed by atoms with van der Waals surface area (Å²) in [7, 11) is 0. The molecule has 2 aromatic heterocycles. The molecule has 31 heavy (non-hydrogen) atoms. The lowest BCUT2D eigenvalue weighted by atomic mass is 10.1. The third-order valence-corrected chi connectivity index (χ3v) is 6.73. The first-order chi connectivity index (χ1) is 14.9. The Morgan fingerprint density at radius 2 is 1.58 bits per heavy atom. The summed E-state index contributed by atoms with van der Waals surface area (Å²) in [6.07, 6.45) is 0. The second kappa shape index (κ2) is 9.84. The molecule has 162 valence electrons. The molecule has 0 unspecified atom stereocenters. The molecule has 0 aliphatic carbocycles.